The number of hydrogen-bond donors (Lipinski definition) is 0. The summed E-state index contributed by atoms with van der Waals surface area (Å²) in [6.07, 6.45) is 0.922. The van der Waals surface area contributed by atoms with E-state index in [1.807, 2.05) is 42.5 Å². The summed E-state index contributed by atoms with van der Waals surface area (Å²) in [6.45, 7) is 0. The molecule has 3 aromatic rings. The summed E-state index contributed by atoms with van der Waals surface area (Å²) in [6, 6.07) is 26.6. The average molecular weight is 386 g/mol. The Balaban J connectivity index is 1.85. The number of para-hydroxylation sites is 1. The molecule has 104 valence electrons. The first kappa shape index (κ1) is 14.1. The lowest BCUT2D eigenvalue weighted by molar-refractivity contribution is 0.478. The molecule has 0 bridgehead atoms. The van der Waals surface area contributed by atoms with E-state index in [1.54, 1.807) is 0 Å². The molecule has 3 rings (SSSR count). The first-order chi connectivity index (χ1) is 10.3. The minimum Gasteiger partial charge on any atom is -0.456 e. The SMILES string of the molecule is Ic1c(Cc2ccccc2)cccc1Oc1ccccc1. The van der Waals surface area contributed by atoms with Gasteiger partial charge in [0.15, 0.2) is 0 Å². The molecule has 0 aliphatic rings. The van der Waals surface area contributed by atoms with Crippen LogP contribution in [0, 0.1) is 3.57 Å². The molecule has 21 heavy (non-hydrogen) atoms. The van der Waals surface area contributed by atoms with Crippen molar-refractivity contribution in [3.05, 3.63) is 93.6 Å². The van der Waals surface area contributed by atoms with E-state index in [4.69, 9.17) is 4.74 Å². The van der Waals surface area contributed by atoms with Crippen molar-refractivity contribution < 1.29 is 4.74 Å². The highest BCUT2D eigenvalue weighted by atomic mass is 127. The zero-order valence-electron chi connectivity index (χ0n) is 11.5. The van der Waals surface area contributed by atoms with Gasteiger partial charge in [-0.1, -0.05) is 60.7 Å². The molecular formula is C19H15IO. The first-order valence-corrected chi connectivity index (χ1v) is 7.95. The minimum atomic E-state index is 0.868. The van der Waals surface area contributed by atoms with E-state index in [9.17, 15) is 0 Å². The van der Waals surface area contributed by atoms with Gasteiger partial charge in [-0.2, -0.15) is 0 Å². The zero-order chi connectivity index (χ0) is 14.5. The van der Waals surface area contributed by atoms with Crippen LogP contribution in [0.2, 0.25) is 0 Å². The van der Waals surface area contributed by atoms with Crippen molar-refractivity contribution in [3.63, 3.8) is 0 Å². The van der Waals surface area contributed by atoms with E-state index >= 15 is 0 Å². The lowest BCUT2D eigenvalue weighted by Gasteiger charge is -2.11. The first-order valence-electron chi connectivity index (χ1n) is 6.87. The molecule has 0 N–H and O–H groups in total. The fourth-order valence-corrected chi connectivity index (χ4v) is 2.86. The van der Waals surface area contributed by atoms with Crippen LogP contribution < -0.4 is 4.74 Å². The van der Waals surface area contributed by atoms with Gasteiger partial charge >= 0.3 is 0 Å². The van der Waals surface area contributed by atoms with Crippen LogP contribution in [0.15, 0.2) is 78.9 Å². The molecular weight excluding hydrogens is 371 g/mol. The van der Waals surface area contributed by atoms with Gasteiger partial charge in [0.1, 0.15) is 11.5 Å². The van der Waals surface area contributed by atoms with Gasteiger partial charge < -0.3 is 4.74 Å². The van der Waals surface area contributed by atoms with E-state index in [0.717, 1.165) is 17.9 Å². The van der Waals surface area contributed by atoms with Gasteiger partial charge in [0, 0.05) is 0 Å². The molecule has 2 heteroatoms. The quantitative estimate of drug-likeness (QED) is 0.525. The van der Waals surface area contributed by atoms with Crippen molar-refractivity contribution in [1.82, 2.24) is 0 Å². The molecule has 0 aromatic heterocycles. The highest BCUT2D eigenvalue weighted by Crippen LogP contribution is 2.30. The van der Waals surface area contributed by atoms with Crippen LogP contribution in [0.3, 0.4) is 0 Å². The van der Waals surface area contributed by atoms with Crippen LogP contribution in [-0.2, 0) is 6.42 Å². The summed E-state index contributed by atoms with van der Waals surface area (Å²) in [5.41, 5.74) is 2.60. The smallest absolute Gasteiger partial charge is 0.141 e. The van der Waals surface area contributed by atoms with E-state index in [2.05, 4.69) is 59.0 Å². The lowest BCUT2D eigenvalue weighted by atomic mass is 10.1. The van der Waals surface area contributed by atoms with Crippen LogP contribution in [0.5, 0.6) is 11.5 Å². The monoisotopic (exact) mass is 386 g/mol. The molecule has 3 aromatic carbocycles. The second-order valence-electron chi connectivity index (χ2n) is 4.81. The van der Waals surface area contributed by atoms with Crippen molar-refractivity contribution in [2.75, 3.05) is 0 Å². The Kier molecular flexibility index (Phi) is 4.55. The number of halogens is 1. The predicted molar refractivity (Wildman–Crippen MR) is 94.9 cm³/mol. The van der Waals surface area contributed by atoms with Crippen molar-refractivity contribution >= 4 is 22.6 Å². The summed E-state index contributed by atoms with van der Waals surface area (Å²) in [7, 11) is 0. The summed E-state index contributed by atoms with van der Waals surface area (Å²) < 4.78 is 7.15. The highest BCUT2D eigenvalue weighted by Gasteiger charge is 2.08. The second-order valence-corrected chi connectivity index (χ2v) is 5.89. The van der Waals surface area contributed by atoms with Gasteiger partial charge in [0.05, 0.1) is 3.57 Å². The topological polar surface area (TPSA) is 9.23 Å². The van der Waals surface area contributed by atoms with Crippen LogP contribution in [0.25, 0.3) is 0 Å². The lowest BCUT2D eigenvalue weighted by Crippen LogP contribution is -1.95. The van der Waals surface area contributed by atoms with Gasteiger partial charge in [-0.25, -0.2) is 0 Å². The molecule has 0 aliphatic carbocycles. The Bertz CT molecular complexity index is 648. The van der Waals surface area contributed by atoms with Crippen LogP contribution in [0.1, 0.15) is 11.1 Å². The fourth-order valence-electron chi connectivity index (χ4n) is 2.20. The molecule has 0 unspecified atom stereocenters. The van der Waals surface area contributed by atoms with Crippen molar-refractivity contribution in [3.8, 4) is 11.5 Å². The fraction of sp³-hybridized carbons (Fsp3) is 0.0526. The van der Waals surface area contributed by atoms with Gasteiger partial charge in [0.25, 0.3) is 0 Å². The van der Waals surface area contributed by atoms with Crippen molar-refractivity contribution in [1.29, 1.82) is 0 Å². The molecule has 0 saturated heterocycles. The van der Waals surface area contributed by atoms with E-state index in [1.165, 1.54) is 14.7 Å². The molecule has 0 fully saturated rings. The second kappa shape index (κ2) is 6.76. The van der Waals surface area contributed by atoms with Crippen molar-refractivity contribution in [2.24, 2.45) is 0 Å². The Morgan fingerprint density at radius 3 is 2.10 bits per heavy atom. The van der Waals surface area contributed by atoms with Crippen LogP contribution >= 0.6 is 22.6 Å². The Hall–Kier alpha value is -1.81. The van der Waals surface area contributed by atoms with E-state index < -0.39 is 0 Å². The van der Waals surface area contributed by atoms with Crippen LogP contribution in [-0.4, -0.2) is 0 Å². The van der Waals surface area contributed by atoms with E-state index in [0.29, 0.717) is 0 Å². The third kappa shape index (κ3) is 3.64. The largest absolute Gasteiger partial charge is 0.456 e. The zero-order valence-corrected chi connectivity index (χ0v) is 13.7. The maximum atomic E-state index is 5.98. The molecule has 0 heterocycles. The number of ether oxygens (including phenoxy) is 1. The normalized spacial score (nSPS) is 10.3. The molecule has 1 nitrogen and oxygen atoms in total. The van der Waals surface area contributed by atoms with Crippen LogP contribution in [0.4, 0.5) is 0 Å². The van der Waals surface area contributed by atoms with Gasteiger partial charge in [-0.3, -0.25) is 0 Å². The summed E-state index contributed by atoms with van der Waals surface area (Å²) in [4.78, 5) is 0. The summed E-state index contributed by atoms with van der Waals surface area (Å²) in [5.74, 6) is 1.78. The predicted octanol–water partition coefficient (Wildman–Crippen LogP) is 5.67. The molecule has 0 radical (unpaired) electrons. The summed E-state index contributed by atoms with van der Waals surface area (Å²) in [5, 5.41) is 0. The number of hydrogen-bond acceptors (Lipinski definition) is 1. The Morgan fingerprint density at radius 1 is 0.714 bits per heavy atom. The van der Waals surface area contributed by atoms with Gasteiger partial charge in [0.2, 0.25) is 0 Å². The van der Waals surface area contributed by atoms with E-state index in [-0.39, 0.29) is 0 Å². The van der Waals surface area contributed by atoms with Crippen molar-refractivity contribution in [2.45, 2.75) is 6.42 Å². The minimum absolute atomic E-state index is 0.868. The number of benzene rings is 3. The molecule has 0 spiro atoms. The summed E-state index contributed by atoms with van der Waals surface area (Å²) >= 11 is 2.37. The van der Waals surface area contributed by atoms with Gasteiger partial charge in [-0.15, -0.1) is 0 Å². The molecule has 0 amide bonds. The third-order valence-electron chi connectivity index (χ3n) is 3.25. The average Bonchev–Trinajstić information content (AvgIpc) is 2.53. The third-order valence-corrected chi connectivity index (χ3v) is 4.48. The van der Waals surface area contributed by atoms with Gasteiger partial charge in [-0.05, 0) is 58.3 Å². The molecule has 0 saturated carbocycles. The maximum Gasteiger partial charge on any atom is 0.141 e. The highest BCUT2D eigenvalue weighted by molar-refractivity contribution is 14.1. The molecule has 0 aliphatic heterocycles. The molecule has 0 atom stereocenters. The Morgan fingerprint density at radius 2 is 1.38 bits per heavy atom. The number of rotatable bonds is 4. The Labute approximate surface area is 138 Å². The maximum absolute atomic E-state index is 5.98. The standard InChI is InChI=1S/C19H15IO/c20-19-16(14-15-8-3-1-4-9-15)10-7-13-18(19)21-17-11-5-2-6-12-17/h1-13H,14H2.